The maximum Gasteiger partial charge on any atom is 0.0319 e. The van der Waals surface area contributed by atoms with Crippen LogP contribution in [0.1, 0.15) is 83.1 Å². The molecular weight excluding hydrogens is 200 g/mol. The van der Waals surface area contributed by atoms with Crippen molar-refractivity contribution < 1.29 is 10.2 Å². The van der Waals surface area contributed by atoms with Crippen molar-refractivity contribution in [1.29, 1.82) is 0 Å². The van der Waals surface area contributed by atoms with Crippen LogP contribution >= 0.6 is 0 Å². The summed E-state index contributed by atoms with van der Waals surface area (Å²) >= 11 is 0. The van der Waals surface area contributed by atoms with Crippen LogP contribution in [0.2, 0.25) is 0 Å². The molecule has 0 fully saturated rings. The van der Waals surface area contributed by atoms with E-state index in [9.17, 15) is 0 Å². The lowest BCUT2D eigenvalue weighted by molar-refractivity contribution is 0.399. The Morgan fingerprint density at radius 2 is 0.500 bits per heavy atom. The average Bonchev–Trinajstić information content (AvgIpc) is 2.44. The molecule has 0 amide bonds. The summed E-state index contributed by atoms with van der Waals surface area (Å²) in [5.41, 5.74) is 0. The first-order chi connectivity index (χ1) is 7.41. The average molecular weight is 245 g/mol. The van der Waals surface area contributed by atoms with Gasteiger partial charge < -0.3 is 10.2 Å². The van der Waals surface area contributed by atoms with Crippen LogP contribution in [0, 0.1) is 0 Å². The molecule has 0 saturated carbocycles. The van der Waals surface area contributed by atoms with Gasteiger partial charge in [-0.05, 0) is 0 Å². The lowest BCUT2D eigenvalue weighted by Crippen LogP contribution is -1.27. The van der Waals surface area contributed by atoms with Gasteiger partial charge >= 0.3 is 0 Å². The second-order valence-electron chi connectivity index (χ2n) is 0.707. The Morgan fingerprint density at radius 1 is 0.500 bits per heavy atom. The third kappa shape index (κ3) is 363000. The molecule has 0 rings (SSSR count). The SMILES string of the molecule is C.CC.CC.CC.CC.CCC.CO.CO. The minimum atomic E-state index is 0. The van der Waals surface area contributed by atoms with Gasteiger partial charge in [-0.1, -0.05) is 83.1 Å². The monoisotopic (exact) mass is 244 g/mol. The minimum absolute atomic E-state index is 0. The smallest absolute Gasteiger partial charge is 0.0319 e. The molecule has 0 aromatic heterocycles. The van der Waals surface area contributed by atoms with Crippen molar-refractivity contribution in [2.45, 2.75) is 83.1 Å². The molecule has 0 aromatic carbocycles. The first-order valence-electron chi connectivity index (χ1n) is 6.31. The molecule has 0 aliphatic carbocycles. The van der Waals surface area contributed by atoms with E-state index in [0.717, 1.165) is 14.2 Å². The normalized spacial score (nSPS) is 3.38. The summed E-state index contributed by atoms with van der Waals surface area (Å²) in [5.74, 6) is 0. The van der Waals surface area contributed by atoms with E-state index >= 15 is 0 Å². The van der Waals surface area contributed by atoms with Crippen molar-refractivity contribution in [1.82, 2.24) is 0 Å². The summed E-state index contributed by atoms with van der Waals surface area (Å²) in [4.78, 5) is 0. The molecule has 16 heavy (non-hydrogen) atoms. The minimum Gasteiger partial charge on any atom is -0.400 e. The van der Waals surface area contributed by atoms with Crippen LogP contribution in [-0.4, -0.2) is 24.4 Å². The third-order valence-electron chi connectivity index (χ3n) is 0. The van der Waals surface area contributed by atoms with Crippen molar-refractivity contribution in [2.24, 2.45) is 0 Å². The Hall–Kier alpha value is -0.0800. The van der Waals surface area contributed by atoms with Crippen LogP contribution < -0.4 is 0 Å². The zero-order valence-electron chi connectivity index (χ0n) is 13.6. The highest BCUT2D eigenvalue weighted by atomic mass is 16.2. The molecule has 2 heteroatoms. The van der Waals surface area contributed by atoms with Crippen LogP contribution in [0.15, 0.2) is 0 Å². The molecule has 0 unspecified atom stereocenters. The number of hydrogen-bond donors (Lipinski definition) is 2. The van der Waals surface area contributed by atoms with Crippen molar-refractivity contribution in [3.05, 3.63) is 0 Å². The zero-order chi connectivity index (χ0) is 14.7. The van der Waals surface area contributed by atoms with E-state index < -0.39 is 0 Å². The number of aliphatic hydroxyl groups is 2. The van der Waals surface area contributed by atoms with Gasteiger partial charge in [0.1, 0.15) is 0 Å². The van der Waals surface area contributed by atoms with Gasteiger partial charge in [-0.15, -0.1) is 0 Å². The van der Waals surface area contributed by atoms with Gasteiger partial charge in [0.15, 0.2) is 0 Å². The van der Waals surface area contributed by atoms with Crippen molar-refractivity contribution in [3.8, 4) is 0 Å². The molecule has 0 radical (unpaired) electrons. The second-order valence-corrected chi connectivity index (χ2v) is 0.707. The predicted octanol–water partition coefficient (Wildman–Crippen LogP) is 5.37. The van der Waals surface area contributed by atoms with E-state index in [1.165, 1.54) is 6.42 Å². The van der Waals surface area contributed by atoms with Crippen LogP contribution in [0.3, 0.4) is 0 Å². The van der Waals surface area contributed by atoms with E-state index in [1.54, 1.807) is 0 Å². The Bertz CT molecular complexity index is 8.70. The summed E-state index contributed by atoms with van der Waals surface area (Å²) < 4.78 is 0. The Labute approximate surface area is 108 Å². The molecule has 2 nitrogen and oxygen atoms in total. The quantitative estimate of drug-likeness (QED) is 0.601. The van der Waals surface area contributed by atoms with Gasteiger partial charge in [-0.25, -0.2) is 0 Å². The van der Waals surface area contributed by atoms with Crippen molar-refractivity contribution in [3.63, 3.8) is 0 Å². The first kappa shape index (κ1) is 56.5. The maximum atomic E-state index is 7.00. The highest BCUT2D eigenvalue weighted by molar-refractivity contribution is 3.92. The molecule has 0 aliphatic heterocycles. The lowest BCUT2D eigenvalue weighted by Gasteiger charge is -1.48. The maximum absolute atomic E-state index is 7.00. The molecule has 0 aromatic rings. The fourth-order valence-corrected chi connectivity index (χ4v) is 0. The van der Waals surface area contributed by atoms with E-state index in [4.69, 9.17) is 10.2 Å². The van der Waals surface area contributed by atoms with Gasteiger partial charge in [0.2, 0.25) is 0 Å². The predicted molar refractivity (Wildman–Crippen MR) is 84.4 cm³/mol. The summed E-state index contributed by atoms with van der Waals surface area (Å²) in [7, 11) is 2.00. The van der Waals surface area contributed by atoms with E-state index in [0.29, 0.717) is 0 Å². The highest BCUT2D eigenvalue weighted by Crippen LogP contribution is 1.56. The highest BCUT2D eigenvalue weighted by Gasteiger charge is 1.35. The van der Waals surface area contributed by atoms with Crippen LogP contribution in [0.5, 0.6) is 0 Å². The van der Waals surface area contributed by atoms with Gasteiger partial charge in [0.05, 0.1) is 0 Å². The van der Waals surface area contributed by atoms with Crippen LogP contribution in [0.25, 0.3) is 0 Å². The Kier molecular flexibility index (Phi) is 12100. The molecule has 0 heterocycles. The first-order valence-corrected chi connectivity index (χ1v) is 6.31. The summed E-state index contributed by atoms with van der Waals surface area (Å²) in [6, 6.07) is 0. The molecule has 112 valence electrons. The second kappa shape index (κ2) is 3420. The van der Waals surface area contributed by atoms with E-state index in [-0.39, 0.29) is 7.43 Å². The summed E-state index contributed by atoms with van der Waals surface area (Å²) in [6.07, 6.45) is 1.25. The number of rotatable bonds is 0. The van der Waals surface area contributed by atoms with E-state index in [2.05, 4.69) is 13.8 Å². The molecule has 2 N–H and O–H groups in total. The standard InChI is InChI=1S/C3H8.4C2H6.2CH4O.CH4/c1-3-2;6*1-2;/h3H2,1-2H3;4*1-2H3;2*2H,1H3;1H4. The van der Waals surface area contributed by atoms with Crippen molar-refractivity contribution >= 4 is 0 Å². The third-order valence-corrected chi connectivity index (χ3v) is 0. The molecular formula is C14H44O2. The molecule has 0 saturated heterocycles. The lowest BCUT2D eigenvalue weighted by atomic mass is 10.6. The van der Waals surface area contributed by atoms with Gasteiger partial charge in [0.25, 0.3) is 0 Å². The molecule has 0 atom stereocenters. The van der Waals surface area contributed by atoms with Crippen LogP contribution in [0.4, 0.5) is 0 Å². The van der Waals surface area contributed by atoms with Crippen molar-refractivity contribution in [2.75, 3.05) is 14.2 Å². The largest absolute Gasteiger partial charge is 0.400 e. The topological polar surface area (TPSA) is 40.5 Å². The van der Waals surface area contributed by atoms with Gasteiger partial charge in [-0.3, -0.25) is 0 Å². The fourth-order valence-electron chi connectivity index (χ4n) is 0. The molecule has 0 aliphatic rings. The summed E-state index contributed by atoms with van der Waals surface area (Å²) in [6.45, 7) is 20.2. The zero-order valence-corrected chi connectivity index (χ0v) is 13.6. The number of hydrogen-bond acceptors (Lipinski definition) is 2. The molecule has 0 bridgehead atoms. The summed E-state index contributed by atoms with van der Waals surface area (Å²) in [5, 5.41) is 14.0. The number of aliphatic hydroxyl groups excluding tert-OH is 2. The van der Waals surface area contributed by atoms with Gasteiger partial charge in [0, 0.05) is 14.2 Å². The fraction of sp³-hybridized carbons (Fsp3) is 1.00. The Morgan fingerprint density at radius 3 is 0.500 bits per heavy atom. The molecule has 0 spiro atoms. The Balaban J connectivity index is -0.00000000777. The van der Waals surface area contributed by atoms with Crippen LogP contribution in [-0.2, 0) is 0 Å². The van der Waals surface area contributed by atoms with Gasteiger partial charge in [-0.2, -0.15) is 0 Å². The van der Waals surface area contributed by atoms with E-state index in [1.807, 2.05) is 55.4 Å².